The summed E-state index contributed by atoms with van der Waals surface area (Å²) in [5.74, 6) is -0.273. The van der Waals surface area contributed by atoms with Gasteiger partial charge in [-0.2, -0.15) is 0 Å². The molecule has 0 spiro atoms. The maximum atomic E-state index is 12.3. The van der Waals surface area contributed by atoms with Crippen molar-refractivity contribution in [2.45, 2.75) is 78.6 Å². The molecular weight excluding hydrogens is 319 g/mol. The van der Waals surface area contributed by atoms with Crippen molar-refractivity contribution in [3.05, 3.63) is 11.7 Å². The third-order valence-corrected chi connectivity index (χ3v) is 5.79. The summed E-state index contributed by atoms with van der Waals surface area (Å²) in [5.41, 5.74) is 3.26. The molecule has 0 bridgehead atoms. The minimum absolute atomic E-state index is 0.184. The molecule has 1 N–H and O–H groups in total. The summed E-state index contributed by atoms with van der Waals surface area (Å²) < 4.78 is 17.6. The third-order valence-electron chi connectivity index (χ3n) is 5.79. The maximum Gasteiger partial charge on any atom is 0.513 e. The Morgan fingerprint density at radius 1 is 1.32 bits per heavy atom. The van der Waals surface area contributed by atoms with Crippen molar-refractivity contribution in [2.24, 2.45) is 5.41 Å². The fourth-order valence-electron chi connectivity index (χ4n) is 2.62. The van der Waals surface area contributed by atoms with Crippen LogP contribution in [0.15, 0.2) is 11.7 Å². The van der Waals surface area contributed by atoms with Gasteiger partial charge in [0.25, 0.3) is 0 Å². The molecule has 2 aliphatic heterocycles. The minimum atomic E-state index is -0.510. The molecular formula is C18H33BN2O4. The lowest BCUT2D eigenvalue weighted by molar-refractivity contribution is -0.146. The monoisotopic (exact) mass is 352 g/mol. The van der Waals surface area contributed by atoms with Crippen molar-refractivity contribution >= 4 is 13.1 Å². The predicted molar refractivity (Wildman–Crippen MR) is 98.5 cm³/mol. The fraction of sp³-hybridized carbons (Fsp3) is 0.833. The standard InChI is InChI=1S/C18H33BN2O4/c1-9-16(2,3)10-11-23-15(22)13-12-14(21(8)20-13)19-24-17(4,5)18(6,7)25-19/h12-13,20H,9-11H2,1-8H3. The van der Waals surface area contributed by atoms with Crippen molar-refractivity contribution in [3.8, 4) is 0 Å². The van der Waals surface area contributed by atoms with Gasteiger partial charge in [0.15, 0.2) is 0 Å². The van der Waals surface area contributed by atoms with E-state index in [4.69, 9.17) is 14.0 Å². The summed E-state index contributed by atoms with van der Waals surface area (Å²) in [7, 11) is 1.35. The molecule has 2 rings (SSSR count). The Balaban J connectivity index is 1.96. The van der Waals surface area contributed by atoms with Gasteiger partial charge >= 0.3 is 13.1 Å². The lowest BCUT2D eigenvalue weighted by Gasteiger charge is -2.32. The highest BCUT2D eigenvalue weighted by Gasteiger charge is 2.54. The van der Waals surface area contributed by atoms with E-state index in [1.807, 2.05) is 40.8 Å². The molecule has 0 aromatic heterocycles. The first-order chi connectivity index (χ1) is 11.4. The molecule has 0 amide bonds. The number of ether oxygens (including phenoxy) is 1. The lowest BCUT2D eigenvalue weighted by Crippen LogP contribution is -2.42. The van der Waals surface area contributed by atoms with Crippen LogP contribution in [0.25, 0.3) is 0 Å². The van der Waals surface area contributed by atoms with Crippen molar-refractivity contribution in [1.29, 1.82) is 0 Å². The number of nitrogens with zero attached hydrogens (tertiary/aromatic N) is 1. The number of hydrogen-bond donors (Lipinski definition) is 1. The predicted octanol–water partition coefficient (Wildman–Crippen LogP) is 2.69. The maximum absolute atomic E-state index is 12.3. The molecule has 1 saturated heterocycles. The normalized spacial score (nSPS) is 25.3. The Bertz CT molecular complexity index is 529. The Labute approximate surface area is 152 Å². The van der Waals surface area contributed by atoms with Gasteiger partial charge < -0.3 is 19.1 Å². The highest BCUT2D eigenvalue weighted by atomic mass is 16.7. The summed E-state index contributed by atoms with van der Waals surface area (Å²) in [6, 6.07) is -0.510. The van der Waals surface area contributed by atoms with Crippen LogP contribution in [0.3, 0.4) is 0 Å². The highest BCUT2D eigenvalue weighted by molar-refractivity contribution is 6.54. The molecule has 2 heterocycles. The summed E-state index contributed by atoms with van der Waals surface area (Å²) in [4.78, 5) is 12.3. The number of rotatable bonds is 6. The van der Waals surface area contributed by atoms with Crippen LogP contribution in [0, 0.1) is 5.41 Å². The number of hydrogen-bond acceptors (Lipinski definition) is 6. The number of carbonyl (C=O) groups excluding carboxylic acids is 1. The van der Waals surface area contributed by atoms with Gasteiger partial charge in [-0.15, -0.1) is 0 Å². The van der Waals surface area contributed by atoms with Gasteiger partial charge in [0, 0.05) is 7.05 Å². The van der Waals surface area contributed by atoms with E-state index in [1.165, 1.54) is 0 Å². The Kier molecular flexibility index (Phi) is 5.62. The van der Waals surface area contributed by atoms with Crippen LogP contribution in [0.5, 0.6) is 0 Å². The van der Waals surface area contributed by atoms with Gasteiger partial charge in [0.05, 0.1) is 23.4 Å². The summed E-state index contributed by atoms with van der Waals surface area (Å²) >= 11 is 0. The van der Waals surface area contributed by atoms with Crippen molar-refractivity contribution < 1.29 is 18.8 Å². The number of carbonyl (C=O) groups is 1. The van der Waals surface area contributed by atoms with Crippen LogP contribution < -0.4 is 5.43 Å². The molecule has 0 aromatic rings. The van der Waals surface area contributed by atoms with Gasteiger partial charge in [-0.25, -0.2) is 10.2 Å². The smallest absolute Gasteiger partial charge is 0.464 e. The Morgan fingerprint density at radius 2 is 1.88 bits per heavy atom. The molecule has 142 valence electrons. The molecule has 1 atom stereocenters. The quantitative estimate of drug-likeness (QED) is 0.586. The van der Waals surface area contributed by atoms with Crippen molar-refractivity contribution in [2.75, 3.05) is 13.7 Å². The lowest BCUT2D eigenvalue weighted by atomic mass is 9.83. The first kappa shape index (κ1) is 20.3. The third kappa shape index (κ3) is 4.38. The molecule has 1 fully saturated rings. The molecule has 0 saturated carbocycles. The minimum Gasteiger partial charge on any atom is -0.464 e. The van der Waals surface area contributed by atoms with Gasteiger partial charge in [0.2, 0.25) is 0 Å². The van der Waals surface area contributed by atoms with Crippen molar-refractivity contribution in [1.82, 2.24) is 10.4 Å². The average molecular weight is 352 g/mol. The zero-order valence-corrected chi connectivity index (χ0v) is 16.9. The second kappa shape index (κ2) is 6.93. The van der Waals surface area contributed by atoms with E-state index in [-0.39, 0.29) is 11.4 Å². The highest BCUT2D eigenvalue weighted by Crippen LogP contribution is 2.39. The molecule has 0 radical (unpaired) electrons. The van der Waals surface area contributed by atoms with Crippen LogP contribution in [-0.4, -0.2) is 49.0 Å². The SMILES string of the molecule is CCC(C)(C)CCOC(=O)C1C=C(B2OC(C)(C)C(C)(C)O2)N(C)N1. The van der Waals surface area contributed by atoms with Crippen LogP contribution in [0.1, 0.15) is 61.3 Å². The van der Waals surface area contributed by atoms with Crippen LogP contribution in [0.4, 0.5) is 0 Å². The zero-order chi connectivity index (χ0) is 19.0. The zero-order valence-electron chi connectivity index (χ0n) is 16.9. The number of esters is 1. The first-order valence-electron chi connectivity index (χ1n) is 9.12. The van der Waals surface area contributed by atoms with Crippen LogP contribution >= 0.6 is 0 Å². The van der Waals surface area contributed by atoms with E-state index in [2.05, 4.69) is 26.2 Å². The summed E-state index contributed by atoms with van der Waals surface area (Å²) in [6.45, 7) is 15.0. The number of hydrazine groups is 1. The molecule has 1 unspecified atom stereocenters. The number of nitrogens with one attached hydrogen (secondary N) is 1. The molecule has 0 aliphatic carbocycles. The van der Waals surface area contributed by atoms with Gasteiger partial charge in [-0.3, -0.25) is 0 Å². The second-order valence-corrected chi connectivity index (χ2v) is 8.78. The van der Waals surface area contributed by atoms with Gasteiger partial charge in [0.1, 0.15) is 6.04 Å². The molecule has 2 aliphatic rings. The van der Waals surface area contributed by atoms with E-state index in [0.29, 0.717) is 6.61 Å². The van der Waals surface area contributed by atoms with E-state index < -0.39 is 24.4 Å². The van der Waals surface area contributed by atoms with E-state index in [1.54, 1.807) is 5.01 Å². The van der Waals surface area contributed by atoms with Gasteiger partial charge in [-0.1, -0.05) is 27.2 Å². The van der Waals surface area contributed by atoms with E-state index in [9.17, 15) is 4.79 Å². The summed E-state index contributed by atoms with van der Waals surface area (Å²) in [5, 5.41) is 1.78. The molecule has 25 heavy (non-hydrogen) atoms. The van der Waals surface area contributed by atoms with Crippen LogP contribution in [-0.2, 0) is 18.8 Å². The second-order valence-electron chi connectivity index (χ2n) is 8.78. The molecule has 6 nitrogen and oxygen atoms in total. The summed E-state index contributed by atoms with van der Waals surface area (Å²) in [6.07, 6.45) is 3.74. The Hall–Kier alpha value is -1.05. The molecule has 0 aromatic carbocycles. The largest absolute Gasteiger partial charge is 0.513 e. The van der Waals surface area contributed by atoms with E-state index in [0.717, 1.165) is 18.4 Å². The van der Waals surface area contributed by atoms with Crippen molar-refractivity contribution in [3.63, 3.8) is 0 Å². The topological polar surface area (TPSA) is 60.0 Å². The Morgan fingerprint density at radius 3 is 2.40 bits per heavy atom. The first-order valence-corrected chi connectivity index (χ1v) is 9.12. The average Bonchev–Trinajstić information content (AvgIpc) is 2.96. The fourth-order valence-corrected chi connectivity index (χ4v) is 2.62. The van der Waals surface area contributed by atoms with Gasteiger partial charge in [-0.05, 0) is 45.6 Å². The van der Waals surface area contributed by atoms with E-state index >= 15 is 0 Å². The van der Waals surface area contributed by atoms with Crippen LogP contribution in [0.2, 0.25) is 0 Å². The molecule has 7 heteroatoms.